The number of aliphatic hydroxyl groups excluding tert-OH is 1. The number of aromatic nitrogens is 2. The van der Waals surface area contributed by atoms with Crippen molar-refractivity contribution in [1.82, 2.24) is 20.4 Å². The molecule has 2 N–H and O–H groups in total. The van der Waals surface area contributed by atoms with E-state index in [1.54, 1.807) is 24.3 Å². The number of piperidine rings is 2. The Hall–Kier alpha value is -3.42. The van der Waals surface area contributed by atoms with E-state index in [0.29, 0.717) is 61.2 Å². The number of hydrogen-bond donors (Lipinski definition) is 2. The first-order chi connectivity index (χ1) is 19.9. The maximum absolute atomic E-state index is 13.2. The third-order valence-electron chi connectivity index (χ3n) is 9.26. The molecule has 224 valence electrons. The Labute approximate surface area is 252 Å². The van der Waals surface area contributed by atoms with Crippen LogP contribution in [0, 0.1) is 28.1 Å². The van der Waals surface area contributed by atoms with Crippen LogP contribution in [0.1, 0.15) is 69.4 Å². The largest absolute Gasteiger partial charge is 0.489 e. The van der Waals surface area contributed by atoms with Crippen molar-refractivity contribution < 1.29 is 19.4 Å². The minimum atomic E-state index is -0.386. The molecule has 3 fully saturated rings. The summed E-state index contributed by atoms with van der Waals surface area (Å²) in [5.41, 5.74) is -0.139. The van der Waals surface area contributed by atoms with Crippen molar-refractivity contribution >= 4 is 29.2 Å². The monoisotopic (exact) mass is 594 g/mol. The van der Waals surface area contributed by atoms with Gasteiger partial charge in [0.2, 0.25) is 5.91 Å². The van der Waals surface area contributed by atoms with E-state index >= 15 is 0 Å². The van der Waals surface area contributed by atoms with Gasteiger partial charge in [0, 0.05) is 55.0 Å². The fourth-order valence-electron chi connectivity index (χ4n) is 7.12. The van der Waals surface area contributed by atoms with E-state index in [4.69, 9.17) is 21.6 Å². The van der Waals surface area contributed by atoms with Gasteiger partial charge in [-0.05, 0) is 49.9 Å². The van der Waals surface area contributed by atoms with Crippen LogP contribution in [0.15, 0.2) is 30.3 Å². The zero-order valence-electron chi connectivity index (χ0n) is 24.6. The number of carbonyl (C=O) groups excluding carboxylic acids is 2. The van der Waals surface area contributed by atoms with Gasteiger partial charge in [-0.1, -0.05) is 39.3 Å². The number of halogens is 1. The summed E-state index contributed by atoms with van der Waals surface area (Å²) < 4.78 is 6.31. The third kappa shape index (κ3) is 5.77. The second-order valence-corrected chi connectivity index (χ2v) is 13.3. The lowest BCUT2D eigenvalue weighted by molar-refractivity contribution is -0.164. The molecule has 0 atom stereocenters. The first-order valence-corrected chi connectivity index (χ1v) is 15.0. The van der Waals surface area contributed by atoms with Gasteiger partial charge in [0.05, 0.1) is 16.7 Å². The molecule has 0 spiro atoms. The Morgan fingerprint density at radius 1 is 1.02 bits per heavy atom. The molecular formula is C31H39ClN6O4. The zero-order chi connectivity index (χ0) is 30.2. The highest BCUT2D eigenvalue weighted by Gasteiger charge is 2.64. The molecule has 0 unspecified atom stereocenters. The number of nitrogens with zero attached hydrogens (tertiary/aromatic N) is 5. The van der Waals surface area contributed by atoms with Crippen LogP contribution in [-0.2, 0) is 4.79 Å². The molecule has 2 aliphatic heterocycles. The number of benzene rings is 1. The van der Waals surface area contributed by atoms with E-state index in [2.05, 4.69) is 54.2 Å². The van der Waals surface area contributed by atoms with Crippen molar-refractivity contribution in [3.8, 4) is 11.8 Å². The molecule has 2 saturated heterocycles. The Balaban J connectivity index is 1.15. The van der Waals surface area contributed by atoms with Gasteiger partial charge >= 0.3 is 0 Å². The molecule has 0 bridgehead atoms. The number of rotatable bonds is 6. The number of ether oxygens (including phenoxy) is 1. The van der Waals surface area contributed by atoms with Crippen LogP contribution >= 0.6 is 11.6 Å². The van der Waals surface area contributed by atoms with Crippen LogP contribution in [0.4, 0.5) is 5.82 Å². The van der Waals surface area contributed by atoms with E-state index in [9.17, 15) is 14.7 Å². The van der Waals surface area contributed by atoms with E-state index < -0.39 is 0 Å². The normalized spacial score (nSPS) is 23.9. The number of carbonyl (C=O) groups is 2. The molecule has 42 heavy (non-hydrogen) atoms. The molecule has 10 nitrogen and oxygen atoms in total. The first kappa shape index (κ1) is 30.1. The van der Waals surface area contributed by atoms with Crippen molar-refractivity contribution in [2.45, 2.75) is 71.6 Å². The van der Waals surface area contributed by atoms with Gasteiger partial charge in [-0.2, -0.15) is 5.26 Å². The van der Waals surface area contributed by atoms with Gasteiger partial charge in [-0.25, -0.2) is 0 Å². The number of hydrogen-bond acceptors (Lipinski definition) is 8. The standard InChI is InChI=1S/C31H39ClN6O4/c1-30(2)28(31(3,4)29(30)42-22-6-5-20(18-33)23(32)17-22)34-26(40)24-7-8-25(36-35-24)37-13-9-19(10-14-37)27(41)38-15-11-21(39)12-16-38/h5-8,17,19,21,28-29,39H,9-16H2,1-4H3,(H,34,40). The van der Waals surface area contributed by atoms with Gasteiger partial charge in [0.15, 0.2) is 11.5 Å². The summed E-state index contributed by atoms with van der Waals surface area (Å²) in [5.74, 6) is 1.16. The Morgan fingerprint density at radius 2 is 1.69 bits per heavy atom. The fourth-order valence-corrected chi connectivity index (χ4v) is 7.33. The maximum Gasteiger partial charge on any atom is 0.272 e. The molecule has 2 amide bonds. The third-order valence-corrected chi connectivity index (χ3v) is 9.57. The molecule has 3 aliphatic rings. The summed E-state index contributed by atoms with van der Waals surface area (Å²) in [5, 5.41) is 30.9. The molecule has 1 aromatic heterocycles. The van der Waals surface area contributed by atoms with Gasteiger partial charge in [0.1, 0.15) is 17.9 Å². The number of anilines is 1. The highest BCUT2D eigenvalue weighted by Crippen LogP contribution is 2.55. The Morgan fingerprint density at radius 3 is 2.26 bits per heavy atom. The van der Waals surface area contributed by atoms with Crippen molar-refractivity contribution in [2.24, 2.45) is 16.7 Å². The zero-order valence-corrected chi connectivity index (χ0v) is 25.4. The molecule has 1 saturated carbocycles. The van der Waals surface area contributed by atoms with Crippen molar-refractivity contribution in [3.05, 3.63) is 46.6 Å². The fraction of sp³-hybridized carbons (Fsp3) is 0.581. The molecule has 0 radical (unpaired) electrons. The van der Waals surface area contributed by atoms with Gasteiger partial charge < -0.3 is 25.0 Å². The van der Waals surface area contributed by atoms with Crippen LogP contribution < -0.4 is 15.0 Å². The highest BCUT2D eigenvalue weighted by atomic mass is 35.5. The average Bonchev–Trinajstić information content (AvgIpc) is 2.98. The number of aliphatic hydroxyl groups is 1. The van der Waals surface area contributed by atoms with Crippen LogP contribution in [0.2, 0.25) is 5.02 Å². The van der Waals surface area contributed by atoms with Gasteiger partial charge in [-0.15, -0.1) is 10.2 Å². The lowest BCUT2D eigenvalue weighted by atomic mass is 9.49. The minimum absolute atomic E-state index is 0.00890. The molecule has 11 heteroatoms. The summed E-state index contributed by atoms with van der Waals surface area (Å²) >= 11 is 6.20. The van der Waals surface area contributed by atoms with Crippen molar-refractivity contribution in [2.75, 3.05) is 31.1 Å². The summed E-state index contributed by atoms with van der Waals surface area (Å²) in [6.45, 7) is 10.9. The maximum atomic E-state index is 13.2. The van der Waals surface area contributed by atoms with E-state index in [1.807, 2.05) is 11.0 Å². The Bertz CT molecular complexity index is 1340. The Kier molecular flexibility index (Phi) is 8.37. The van der Waals surface area contributed by atoms with E-state index in [1.165, 1.54) is 0 Å². The number of likely N-dealkylation sites (tertiary alicyclic amines) is 1. The van der Waals surface area contributed by atoms with Crippen molar-refractivity contribution in [1.29, 1.82) is 5.26 Å². The smallest absolute Gasteiger partial charge is 0.272 e. The lowest BCUT2D eigenvalue weighted by Crippen LogP contribution is -2.74. The summed E-state index contributed by atoms with van der Waals surface area (Å²) in [6.07, 6.45) is 2.29. The number of nitrogens with one attached hydrogen (secondary N) is 1. The van der Waals surface area contributed by atoms with Crippen molar-refractivity contribution in [3.63, 3.8) is 0 Å². The quantitative estimate of drug-likeness (QED) is 0.516. The predicted molar refractivity (Wildman–Crippen MR) is 158 cm³/mol. The topological polar surface area (TPSA) is 132 Å². The molecular weight excluding hydrogens is 556 g/mol. The molecule has 1 aromatic carbocycles. The van der Waals surface area contributed by atoms with Crippen LogP contribution in [0.25, 0.3) is 0 Å². The predicted octanol–water partition coefficient (Wildman–Crippen LogP) is 3.81. The molecule has 2 aromatic rings. The van der Waals surface area contributed by atoms with E-state index in [0.717, 1.165) is 12.8 Å². The highest BCUT2D eigenvalue weighted by molar-refractivity contribution is 6.31. The number of amides is 2. The molecule has 1 aliphatic carbocycles. The lowest BCUT2D eigenvalue weighted by Gasteiger charge is -2.63. The SMILES string of the molecule is CC1(C)C(NC(=O)c2ccc(N3CCC(C(=O)N4CCC(O)CC4)CC3)nn2)C(C)(C)C1Oc1ccc(C#N)c(Cl)c1. The van der Waals surface area contributed by atoms with Crippen LogP contribution in [0.3, 0.4) is 0 Å². The minimum Gasteiger partial charge on any atom is -0.489 e. The second kappa shape index (κ2) is 11.7. The van der Waals surface area contributed by atoms with Gasteiger partial charge in [0.25, 0.3) is 5.91 Å². The van der Waals surface area contributed by atoms with E-state index in [-0.39, 0.29) is 52.5 Å². The molecule has 5 rings (SSSR count). The average molecular weight is 595 g/mol. The summed E-state index contributed by atoms with van der Waals surface area (Å²) in [4.78, 5) is 30.1. The van der Waals surface area contributed by atoms with Crippen LogP contribution in [-0.4, -0.2) is 76.4 Å². The second-order valence-electron chi connectivity index (χ2n) is 12.9. The summed E-state index contributed by atoms with van der Waals surface area (Å²) in [7, 11) is 0. The first-order valence-electron chi connectivity index (χ1n) is 14.6. The summed E-state index contributed by atoms with van der Waals surface area (Å²) in [6, 6.07) is 10.4. The van der Waals surface area contributed by atoms with Crippen LogP contribution in [0.5, 0.6) is 5.75 Å². The molecule has 3 heterocycles. The van der Waals surface area contributed by atoms with Gasteiger partial charge in [-0.3, -0.25) is 9.59 Å². The number of nitriles is 1.